The fourth-order valence-corrected chi connectivity index (χ4v) is 4.84. The Morgan fingerprint density at radius 1 is 1.35 bits per heavy atom. The highest BCUT2D eigenvalue weighted by atomic mass is 32.2. The number of hydrogen-bond acceptors (Lipinski definition) is 5. The molecule has 110 valence electrons. The predicted molar refractivity (Wildman–Crippen MR) is 69.4 cm³/mol. The standard InChI is InChI=1S/C12H16N2O5S/c15-8-2-1-4-14-10(8)9(12(16)17)13-11(14)7-3-5-20(18,19)6-7/h7-8,15H,1-6H2,(H,16,17). The summed E-state index contributed by atoms with van der Waals surface area (Å²) in [5.74, 6) is -0.820. The number of rotatable bonds is 2. The number of aromatic carboxylic acids is 1. The van der Waals surface area contributed by atoms with Crippen molar-refractivity contribution in [2.45, 2.75) is 37.8 Å². The average Bonchev–Trinajstić information content (AvgIpc) is 2.90. The van der Waals surface area contributed by atoms with Gasteiger partial charge >= 0.3 is 5.97 Å². The van der Waals surface area contributed by atoms with Gasteiger partial charge in [0, 0.05) is 12.5 Å². The van der Waals surface area contributed by atoms with Crippen LogP contribution in [-0.2, 0) is 16.4 Å². The minimum absolute atomic E-state index is 0.0125. The van der Waals surface area contributed by atoms with E-state index in [0.29, 0.717) is 30.9 Å². The summed E-state index contributed by atoms with van der Waals surface area (Å²) < 4.78 is 24.9. The van der Waals surface area contributed by atoms with Gasteiger partial charge in [-0.05, 0) is 19.3 Å². The van der Waals surface area contributed by atoms with Crippen LogP contribution in [0, 0.1) is 0 Å². The molecule has 0 spiro atoms. The van der Waals surface area contributed by atoms with Gasteiger partial charge in [0.15, 0.2) is 15.5 Å². The number of nitrogens with zero attached hydrogens (tertiary/aromatic N) is 2. The molecule has 0 aromatic carbocycles. The zero-order valence-corrected chi connectivity index (χ0v) is 11.6. The molecule has 1 fully saturated rings. The maximum Gasteiger partial charge on any atom is 0.356 e. The molecule has 2 aliphatic heterocycles. The number of carboxylic acids is 1. The lowest BCUT2D eigenvalue weighted by Crippen LogP contribution is -2.20. The molecule has 20 heavy (non-hydrogen) atoms. The summed E-state index contributed by atoms with van der Waals surface area (Å²) in [4.78, 5) is 15.4. The quantitative estimate of drug-likeness (QED) is 0.813. The minimum Gasteiger partial charge on any atom is -0.476 e. The maximum absolute atomic E-state index is 11.6. The number of carbonyl (C=O) groups is 1. The number of imidazole rings is 1. The second kappa shape index (κ2) is 4.56. The lowest BCUT2D eigenvalue weighted by Gasteiger charge is -2.23. The number of hydrogen-bond donors (Lipinski definition) is 2. The minimum atomic E-state index is -3.06. The first kappa shape index (κ1) is 13.6. The summed E-state index contributed by atoms with van der Waals surface area (Å²) in [5, 5.41) is 19.2. The van der Waals surface area contributed by atoms with Gasteiger partial charge in [0.05, 0.1) is 23.3 Å². The van der Waals surface area contributed by atoms with E-state index in [1.165, 1.54) is 0 Å². The highest BCUT2D eigenvalue weighted by Crippen LogP contribution is 2.35. The second-order valence-electron chi connectivity index (χ2n) is 5.42. The zero-order valence-electron chi connectivity index (χ0n) is 10.8. The molecule has 0 amide bonds. The van der Waals surface area contributed by atoms with Gasteiger partial charge in [-0.3, -0.25) is 0 Å². The lowest BCUT2D eigenvalue weighted by molar-refractivity contribution is 0.0677. The molecule has 0 aliphatic carbocycles. The van der Waals surface area contributed by atoms with Gasteiger partial charge in [-0.1, -0.05) is 0 Å². The molecule has 2 atom stereocenters. The van der Waals surface area contributed by atoms with Crippen LogP contribution in [0.2, 0.25) is 0 Å². The van der Waals surface area contributed by atoms with Crippen LogP contribution in [-0.4, -0.2) is 45.7 Å². The highest BCUT2D eigenvalue weighted by Gasteiger charge is 2.37. The van der Waals surface area contributed by atoms with Crippen LogP contribution in [0.4, 0.5) is 0 Å². The molecule has 8 heteroatoms. The van der Waals surface area contributed by atoms with Gasteiger partial charge < -0.3 is 14.8 Å². The van der Waals surface area contributed by atoms with Gasteiger partial charge in [-0.25, -0.2) is 18.2 Å². The Balaban J connectivity index is 2.08. The molecular weight excluding hydrogens is 284 g/mol. The highest BCUT2D eigenvalue weighted by molar-refractivity contribution is 7.91. The number of sulfone groups is 1. The molecule has 2 unspecified atom stereocenters. The predicted octanol–water partition coefficient (Wildman–Crippen LogP) is 0.311. The van der Waals surface area contributed by atoms with Crippen molar-refractivity contribution in [3.05, 3.63) is 17.2 Å². The van der Waals surface area contributed by atoms with E-state index in [2.05, 4.69) is 4.98 Å². The van der Waals surface area contributed by atoms with Crippen LogP contribution in [0.25, 0.3) is 0 Å². The normalized spacial score (nSPS) is 28.2. The fourth-order valence-electron chi connectivity index (χ4n) is 3.10. The Morgan fingerprint density at radius 3 is 2.70 bits per heavy atom. The van der Waals surface area contributed by atoms with E-state index >= 15 is 0 Å². The molecule has 7 nitrogen and oxygen atoms in total. The number of aliphatic hydroxyl groups excluding tert-OH is 1. The number of fused-ring (bicyclic) bond motifs is 1. The monoisotopic (exact) mass is 300 g/mol. The van der Waals surface area contributed by atoms with E-state index in [0.717, 1.165) is 6.42 Å². The number of aliphatic hydroxyl groups is 1. The van der Waals surface area contributed by atoms with Gasteiger partial charge in [0.2, 0.25) is 0 Å². The topological polar surface area (TPSA) is 109 Å². The summed E-state index contributed by atoms with van der Waals surface area (Å²) in [6, 6.07) is 0. The van der Waals surface area contributed by atoms with Crippen molar-refractivity contribution in [3.63, 3.8) is 0 Å². The van der Waals surface area contributed by atoms with Crippen molar-refractivity contribution in [1.29, 1.82) is 0 Å². The van der Waals surface area contributed by atoms with Crippen molar-refractivity contribution < 1.29 is 23.4 Å². The Kier molecular flexibility index (Phi) is 3.09. The van der Waals surface area contributed by atoms with E-state index < -0.39 is 21.9 Å². The van der Waals surface area contributed by atoms with Crippen molar-refractivity contribution in [3.8, 4) is 0 Å². The first-order chi connectivity index (χ1) is 9.39. The molecule has 2 N–H and O–H groups in total. The van der Waals surface area contributed by atoms with Crippen molar-refractivity contribution >= 4 is 15.8 Å². The Labute approximate surface area is 116 Å². The summed E-state index contributed by atoms with van der Waals surface area (Å²) in [7, 11) is -3.06. The number of carboxylic acid groups (broad SMARTS) is 1. The van der Waals surface area contributed by atoms with E-state index in [1.807, 2.05) is 0 Å². The Hall–Kier alpha value is -1.41. The largest absolute Gasteiger partial charge is 0.476 e. The van der Waals surface area contributed by atoms with Gasteiger partial charge in [0.1, 0.15) is 5.82 Å². The smallest absolute Gasteiger partial charge is 0.356 e. The van der Waals surface area contributed by atoms with Crippen LogP contribution >= 0.6 is 0 Å². The molecule has 0 bridgehead atoms. The van der Waals surface area contributed by atoms with E-state index in [9.17, 15) is 23.4 Å². The van der Waals surface area contributed by atoms with E-state index in [1.54, 1.807) is 4.57 Å². The molecule has 1 aromatic heterocycles. The summed E-state index contributed by atoms with van der Waals surface area (Å²) in [6.45, 7) is 0.582. The fraction of sp³-hybridized carbons (Fsp3) is 0.667. The SMILES string of the molecule is O=C(O)c1nc(C2CCS(=O)(=O)C2)n2c1C(O)CCC2. The average molecular weight is 300 g/mol. The van der Waals surface area contributed by atoms with Crippen LogP contribution in [0.5, 0.6) is 0 Å². The molecule has 2 aliphatic rings. The van der Waals surface area contributed by atoms with Crippen LogP contribution in [0.3, 0.4) is 0 Å². The molecule has 3 rings (SSSR count). The third-order valence-corrected chi connectivity index (χ3v) is 5.78. The number of aromatic nitrogens is 2. The summed E-state index contributed by atoms with van der Waals surface area (Å²) in [6.07, 6.45) is 0.868. The molecule has 1 aromatic rings. The Bertz CT molecular complexity index is 664. The summed E-state index contributed by atoms with van der Waals surface area (Å²) in [5.41, 5.74) is 0.180. The first-order valence-electron chi connectivity index (χ1n) is 6.61. The molecule has 0 radical (unpaired) electrons. The van der Waals surface area contributed by atoms with Crippen molar-refractivity contribution in [2.24, 2.45) is 0 Å². The van der Waals surface area contributed by atoms with Crippen molar-refractivity contribution in [1.82, 2.24) is 9.55 Å². The third-order valence-electron chi connectivity index (χ3n) is 4.01. The van der Waals surface area contributed by atoms with Gasteiger partial charge in [0.25, 0.3) is 0 Å². The van der Waals surface area contributed by atoms with Crippen LogP contribution < -0.4 is 0 Å². The summed E-state index contributed by atoms with van der Waals surface area (Å²) >= 11 is 0. The zero-order chi connectivity index (χ0) is 14.5. The van der Waals surface area contributed by atoms with Crippen LogP contribution in [0.15, 0.2) is 0 Å². The van der Waals surface area contributed by atoms with Crippen molar-refractivity contribution in [2.75, 3.05) is 11.5 Å². The van der Waals surface area contributed by atoms with Crippen LogP contribution in [0.1, 0.15) is 53.3 Å². The van der Waals surface area contributed by atoms with Gasteiger partial charge in [-0.2, -0.15) is 0 Å². The van der Waals surface area contributed by atoms with E-state index in [4.69, 9.17) is 0 Å². The maximum atomic E-state index is 11.6. The van der Waals surface area contributed by atoms with Gasteiger partial charge in [-0.15, -0.1) is 0 Å². The lowest BCUT2D eigenvalue weighted by atomic mass is 10.0. The molecule has 1 saturated heterocycles. The Morgan fingerprint density at radius 2 is 2.10 bits per heavy atom. The third kappa shape index (κ3) is 2.12. The molecule has 3 heterocycles. The molecule has 0 saturated carbocycles. The first-order valence-corrected chi connectivity index (χ1v) is 8.43. The molecular formula is C12H16N2O5S. The second-order valence-corrected chi connectivity index (χ2v) is 7.65. The van der Waals surface area contributed by atoms with E-state index in [-0.39, 0.29) is 23.1 Å².